The number of para-hydroxylation sites is 2. The van der Waals surface area contributed by atoms with E-state index in [1.807, 2.05) is 18.2 Å². The minimum Gasteiger partial charge on any atom is -0.485 e. The highest BCUT2D eigenvalue weighted by Gasteiger charge is 2.36. The van der Waals surface area contributed by atoms with Gasteiger partial charge in [-0.2, -0.15) is 5.10 Å². The number of fused-ring (bicyclic) bond motifs is 1. The fraction of sp³-hybridized carbons (Fsp3) is 0.208. The maximum Gasteiger partial charge on any atom is 0.351 e. The molecule has 2 atom stereocenters. The standard InChI is InChI=1S/C24H19ClN2O6/c25-16-9-7-15(8-10-16)17-12-18(19-6-3-11-30-19)27(26-17)23(28)14-32-24(29)22-13-31-20-4-1-2-5-21(20)33-22/h1-11,18,22H,12-14H2/t18-,22+/m0/s1. The minimum atomic E-state index is -0.958. The van der Waals surface area contributed by atoms with E-state index in [0.717, 1.165) is 5.56 Å². The van der Waals surface area contributed by atoms with Gasteiger partial charge in [0.05, 0.1) is 12.0 Å². The first-order chi connectivity index (χ1) is 16.1. The average Bonchev–Trinajstić information content (AvgIpc) is 3.53. The highest BCUT2D eigenvalue weighted by molar-refractivity contribution is 6.30. The summed E-state index contributed by atoms with van der Waals surface area (Å²) in [5, 5.41) is 6.40. The van der Waals surface area contributed by atoms with Crippen LogP contribution in [0, 0.1) is 0 Å². The molecule has 0 N–H and O–H groups in total. The van der Waals surface area contributed by atoms with Crippen LogP contribution in [0.25, 0.3) is 0 Å². The number of hydrogen-bond donors (Lipinski definition) is 0. The topological polar surface area (TPSA) is 90.6 Å². The predicted octanol–water partition coefficient (Wildman–Crippen LogP) is 3.99. The lowest BCUT2D eigenvalue weighted by molar-refractivity contribution is -0.160. The van der Waals surface area contributed by atoms with E-state index in [1.54, 1.807) is 42.5 Å². The summed E-state index contributed by atoms with van der Waals surface area (Å²) in [4.78, 5) is 25.5. The molecule has 0 saturated carbocycles. The molecule has 0 spiro atoms. The monoisotopic (exact) mass is 466 g/mol. The largest absolute Gasteiger partial charge is 0.485 e. The third-order valence-electron chi connectivity index (χ3n) is 5.32. The molecule has 1 aromatic heterocycles. The smallest absolute Gasteiger partial charge is 0.351 e. The lowest BCUT2D eigenvalue weighted by atomic mass is 10.0. The molecule has 33 heavy (non-hydrogen) atoms. The fourth-order valence-corrected chi connectivity index (χ4v) is 3.81. The molecule has 8 nitrogen and oxygen atoms in total. The summed E-state index contributed by atoms with van der Waals surface area (Å²) in [6.45, 7) is -0.489. The number of carbonyl (C=O) groups is 2. The van der Waals surface area contributed by atoms with Crippen molar-refractivity contribution in [3.63, 3.8) is 0 Å². The van der Waals surface area contributed by atoms with Gasteiger partial charge in [-0.25, -0.2) is 9.80 Å². The SMILES string of the molecule is O=C(OCC(=O)N1N=C(c2ccc(Cl)cc2)C[C@H]1c1ccco1)[C@H]1COc2ccccc2O1. The molecule has 2 aliphatic rings. The summed E-state index contributed by atoms with van der Waals surface area (Å²) in [6.07, 6.45) is 1.03. The van der Waals surface area contributed by atoms with Gasteiger partial charge in [-0.15, -0.1) is 0 Å². The average molecular weight is 467 g/mol. The second-order valence-electron chi connectivity index (χ2n) is 7.50. The van der Waals surface area contributed by atoms with Crippen LogP contribution in [0.2, 0.25) is 5.02 Å². The number of amides is 1. The second kappa shape index (κ2) is 8.99. The fourth-order valence-electron chi connectivity index (χ4n) is 3.69. The summed E-state index contributed by atoms with van der Waals surface area (Å²) in [5.41, 5.74) is 1.54. The van der Waals surface area contributed by atoms with Gasteiger partial charge in [-0.05, 0) is 42.0 Å². The van der Waals surface area contributed by atoms with Gasteiger partial charge in [0.25, 0.3) is 5.91 Å². The van der Waals surface area contributed by atoms with Gasteiger partial charge >= 0.3 is 5.97 Å². The van der Waals surface area contributed by atoms with E-state index in [4.69, 9.17) is 30.2 Å². The van der Waals surface area contributed by atoms with Gasteiger partial charge in [0, 0.05) is 11.4 Å². The molecule has 0 radical (unpaired) electrons. The first-order valence-corrected chi connectivity index (χ1v) is 10.7. The van der Waals surface area contributed by atoms with E-state index < -0.39 is 30.6 Å². The molecular weight excluding hydrogens is 448 g/mol. The number of hydrazone groups is 1. The van der Waals surface area contributed by atoms with Crippen molar-refractivity contribution < 1.29 is 28.2 Å². The summed E-state index contributed by atoms with van der Waals surface area (Å²) in [6, 6.07) is 17.3. The Morgan fingerprint density at radius 1 is 1.06 bits per heavy atom. The predicted molar refractivity (Wildman–Crippen MR) is 118 cm³/mol. The van der Waals surface area contributed by atoms with E-state index in [0.29, 0.717) is 34.4 Å². The maximum atomic E-state index is 13.0. The number of benzene rings is 2. The van der Waals surface area contributed by atoms with E-state index >= 15 is 0 Å². The number of ether oxygens (including phenoxy) is 3. The molecule has 168 valence electrons. The summed E-state index contributed by atoms with van der Waals surface area (Å²) < 4.78 is 21.9. The molecule has 9 heteroatoms. The quantitative estimate of drug-likeness (QED) is 0.528. The zero-order valence-corrected chi connectivity index (χ0v) is 18.1. The van der Waals surface area contributed by atoms with Crippen LogP contribution in [-0.4, -0.2) is 41.9 Å². The molecule has 0 saturated heterocycles. The lowest BCUT2D eigenvalue weighted by Crippen LogP contribution is -2.40. The molecule has 0 aliphatic carbocycles. The van der Waals surface area contributed by atoms with E-state index in [-0.39, 0.29) is 6.61 Å². The van der Waals surface area contributed by atoms with Crippen molar-refractivity contribution in [2.45, 2.75) is 18.6 Å². The van der Waals surface area contributed by atoms with Crippen molar-refractivity contribution in [3.8, 4) is 11.5 Å². The van der Waals surface area contributed by atoms with Crippen LogP contribution < -0.4 is 9.47 Å². The van der Waals surface area contributed by atoms with E-state index in [1.165, 1.54) is 11.3 Å². The van der Waals surface area contributed by atoms with Crippen LogP contribution in [0.15, 0.2) is 76.4 Å². The molecule has 5 rings (SSSR count). The third kappa shape index (κ3) is 4.42. The Labute approximate surface area is 194 Å². The summed E-state index contributed by atoms with van der Waals surface area (Å²) in [7, 11) is 0. The van der Waals surface area contributed by atoms with Crippen LogP contribution in [-0.2, 0) is 14.3 Å². The number of rotatable bonds is 5. The van der Waals surface area contributed by atoms with Crippen LogP contribution in [0.5, 0.6) is 11.5 Å². The normalized spacial score (nSPS) is 19.2. The number of carbonyl (C=O) groups excluding carboxylic acids is 2. The molecule has 3 heterocycles. The Kier molecular flexibility index (Phi) is 5.75. The van der Waals surface area contributed by atoms with Gasteiger partial charge < -0.3 is 18.6 Å². The van der Waals surface area contributed by atoms with Gasteiger partial charge in [0.2, 0.25) is 6.10 Å². The molecule has 0 unspecified atom stereocenters. The Morgan fingerprint density at radius 3 is 2.61 bits per heavy atom. The Hall–Kier alpha value is -3.78. The molecular formula is C24H19ClN2O6. The van der Waals surface area contributed by atoms with Gasteiger partial charge in [0.15, 0.2) is 18.1 Å². The zero-order valence-electron chi connectivity index (χ0n) is 17.3. The Bertz CT molecular complexity index is 1190. The number of hydrogen-bond acceptors (Lipinski definition) is 7. The van der Waals surface area contributed by atoms with Crippen molar-refractivity contribution in [2.75, 3.05) is 13.2 Å². The van der Waals surface area contributed by atoms with E-state index in [2.05, 4.69) is 5.10 Å². The van der Waals surface area contributed by atoms with Crippen molar-refractivity contribution in [1.82, 2.24) is 5.01 Å². The zero-order chi connectivity index (χ0) is 22.8. The lowest BCUT2D eigenvalue weighted by Gasteiger charge is -2.25. The Balaban J connectivity index is 1.27. The van der Waals surface area contributed by atoms with Crippen molar-refractivity contribution in [2.24, 2.45) is 5.10 Å². The van der Waals surface area contributed by atoms with Crippen molar-refractivity contribution >= 4 is 29.2 Å². The van der Waals surface area contributed by atoms with E-state index in [9.17, 15) is 9.59 Å². The number of halogens is 1. The summed E-state index contributed by atoms with van der Waals surface area (Å²) in [5.74, 6) is 0.425. The Morgan fingerprint density at radius 2 is 1.85 bits per heavy atom. The second-order valence-corrected chi connectivity index (χ2v) is 7.94. The summed E-state index contributed by atoms with van der Waals surface area (Å²) >= 11 is 5.98. The molecule has 1 amide bonds. The highest BCUT2D eigenvalue weighted by atomic mass is 35.5. The van der Waals surface area contributed by atoms with Gasteiger partial charge in [0.1, 0.15) is 18.4 Å². The first-order valence-electron chi connectivity index (χ1n) is 10.3. The number of esters is 1. The molecule has 0 fully saturated rings. The van der Waals surface area contributed by atoms with Crippen molar-refractivity contribution in [3.05, 3.63) is 83.3 Å². The number of nitrogens with zero attached hydrogens (tertiary/aromatic N) is 2. The molecule has 2 aromatic carbocycles. The third-order valence-corrected chi connectivity index (χ3v) is 5.58. The van der Waals surface area contributed by atoms with Gasteiger partial charge in [-0.1, -0.05) is 35.9 Å². The highest BCUT2D eigenvalue weighted by Crippen LogP contribution is 2.34. The molecule has 2 aliphatic heterocycles. The maximum absolute atomic E-state index is 13.0. The van der Waals surface area contributed by atoms with Crippen LogP contribution in [0.4, 0.5) is 0 Å². The first kappa shape index (κ1) is 21.1. The minimum absolute atomic E-state index is 0.00163. The number of furan rings is 1. The van der Waals surface area contributed by atoms with Crippen molar-refractivity contribution in [1.29, 1.82) is 0 Å². The van der Waals surface area contributed by atoms with Crippen LogP contribution in [0.3, 0.4) is 0 Å². The van der Waals surface area contributed by atoms with Gasteiger partial charge in [-0.3, -0.25) is 4.79 Å². The van der Waals surface area contributed by atoms with Crippen LogP contribution in [0.1, 0.15) is 23.8 Å². The molecule has 3 aromatic rings. The molecule has 0 bridgehead atoms. The van der Waals surface area contributed by atoms with Crippen LogP contribution >= 0.6 is 11.6 Å².